The summed E-state index contributed by atoms with van der Waals surface area (Å²) < 4.78 is 16.3. The zero-order valence-electron chi connectivity index (χ0n) is 12.5. The van der Waals surface area contributed by atoms with Gasteiger partial charge in [0.1, 0.15) is 11.5 Å². The van der Waals surface area contributed by atoms with E-state index in [1.54, 1.807) is 14.2 Å². The molecule has 1 saturated carbocycles. The lowest BCUT2D eigenvalue weighted by Crippen LogP contribution is -2.21. The Hall–Kier alpha value is -1.26. The molecule has 2 rings (SSSR count). The van der Waals surface area contributed by atoms with Gasteiger partial charge in [-0.3, -0.25) is 0 Å². The number of ether oxygens (including phenoxy) is 3. The second kappa shape index (κ2) is 8.12. The molecule has 0 saturated heterocycles. The Morgan fingerprint density at radius 1 is 1.25 bits per heavy atom. The maximum atomic E-state index is 5.99. The van der Waals surface area contributed by atoms with E-state index in [9.17, 15) is 0 Å². The molecule has 1 aliphatic carbocycles. The van der Waals surface area contributed by atoms with Crippen LogP contribution in [0.15, 0.2) is 18.2 Å². The van der Waals surface area contributed by atoms with Crippen LogP contribution in [0.4, 0.5) is 0 Å². The monoisotopic (exact) mass is 279 g/mol. The van der Waals surface area contributed by atoms with Crippen LogP contribution in [0.25, 0.3) is 0 Å². The summed E-state index contributed by atoms with van der Waals surface area (Å²) in [6.45, 7) is 3.16. The summed E-state index contributed by atoms with van der Waals surface area (Å²) >= 11 is 0. The molecule has 4 heteroatoms. The average molecular weight is 279 g/mol. The Bertz CT molecular complexity index is 405. The Morgan fingerprint density at radius 3 is 2.75 bits per heavy atom. The molecule has 1 fully saturated rings. The summed E-state index contributed by atoms with van der Waals surface area (Å²) in [6, 6.07) is 6.02. The maximum Gasteiger partial charge on any atom is 0.127 e. The van der Waals surface area contributed by atoms with Crippen LogP contribution in [0.1, 0.15) is 24.8 Å². The minimum atomic E-state index is 0.717. The molecule has 0 spiro atoms. The predicted octanol–water partition coefficient (Wildman–Crippen LogP) is 2.61. The lowest BCUT2D eigenvalue weighted by atomic mass is 9.86. The van der Waals surface area contributed by atoms with Crippen LogP contribution in [-0.2, 0) is 11.3 Å². The van der Waals surface area contributed by atoms with Crippen LogP contribution in [0, 0.1) is 5.92 Å². The summed E-state index contributed by atoms with van der Waals surface area (Å²) in [7, 11) is 3.39. The largest absolute Gasteiger partial charge is 0.497 e. The lowest BCUT2D eigenvalue weighted by molar-refractivity contribution is 0.178. The number of hydrogen-bond donors (Lipinski definition) is 1. The normalized spacial score (nSPS) is 14.9. The SMILES string of the molecule is COCCNCc1ccc(OC)cc1OCC1CCC1. The highest BCUT2D eigenvalue weighted by molar-refractivity contribution is 5.40. The van der Waals surface area contributed by atoms with E-state index in [2.05, 4.69) is 11.4 Å². The number of methoxy groups -OCH3 is 2. The van der Waals surface area contributed by atoms with Gasteiger partial charge in [-0.15, -0.1) is 0 Å². The summed E-state index contributed by atoms with van der Waals surface area (Å²) in [4.78, 5) is 0. The van der Waals surface area contributed by atoms with Crippen molar-refractivity contribution in [2.75, 3.05) is 34.0 Å². The third-order valence-corrected chi connectivity index (χ3v) is 3.77. The minimum absolute atomic E-state index is 0.717. The van der Waals surface area contributed by atoms with E-state index in [0.717, 1.165) is 37.1 Å². The van der Waals surface area contributed by atoms with Crippen LogP contribution in [0.3, 0.4) is 0 Å². The summed E-state index contributed by atoms with van der Waals surface area (Å²) in [5, 5.41) is 3.35. The van der Waals surface area contributed by atoms with E-state index < -0.39 is 0 Å². The Morgan fingerprint density at radius 2 is 2.10 bits per heavy atom. The first-order chi connectivity index (χ1) is 9.83. The van der Waals surface area contributed by atoms with Gasteiger partial charge in [0, 0.05) is 31.8 Å². The fourth-order valence-electron chi connectivity index (χ4n) is 2.21. The van der Waals surface area contributed by atoms with Crippen molar-refractivity contribution in [3.63, 3.8) is 0 Å². The van der Waals surface area contributed by atoms with Gasteiger partial charge < -0.3 is 19.5 Å². The van der Waals surface area contributed by atoms with Crippen LogP contribution >= 0.6 is 0 Å². The molecule has 0 radical (unpaired) electrons. The number of benzene rings is 1. The lowest BCUT2D eigenvalue weighted by Gasteiger charge is -2.26. The van der Waals surface area contributed by atoms with Gasteiger partial charge in [-0.2, -0.15) is 0 Å². The molecule has 0 aliphatic heterocycles. The third-order valence-electron chi connectivity index (χ3n) is 3.77. The molecule has 0 atom stereocenters. The maximum absolute atomic E-state index is 5.99. The van der Waals surface area contributed by atoms with Crippen LogP contribution in [-0.4, -0.2) is 34.0 Å². The topological polar surface area (TPSA) is 39.7 Å². The molecule has 1 N–H and O–H groups in total. The molecule has 4 nitrogen and oxygen atoms in total. The number of rotatable bonds is 9. The van der Waals surface area contributed by atoms with Crippen molar-refractivity contribution >= 4 is 0 Å². The van der Waals surface area contributed by atoms with E-state index in [1.165, 1.54) is 24.8 Å². The molecule has 0 amide bonds. The highest BCUT2D eigenvalue weighted by Crippen LogP contribution is 2.30. The zero-order valence-corrected chi connectivity index (χ0v) is 12.5. The summed E-state index contributed by atoms with van der Waals surface area (Å²) in [6.07, 6.45) is 3.94. The molecular weight excluding hydrogens is 254 g/mol. The van der Waals surface area contributed by atoms with Crippen molar-refractivity contribution in [2.24, 2.45) is 5.92 Å². The van der Waals surface area contributed by atoms with Gasteiger partial charge in [0.25, 0.3) is 0 Å². The third kappa shape index (κ3) is 4.39. The Labute approximate surface area is 121 Å². The van der Waals surface area contributed by atoms with Gasteiger partial charge in [0.05, 0.1) is 20.3 Å². The number of nitrogens with one attached hydrogen (secondary N) is 1. The van der Waals surface area contributed by atoms with Gasteiger partial charge >= 0.3 is 0 Å². The van der Waals surface area contributed by atoms with Gasteiger partial charge in [0.2, 0.25) is 0 Å². The standard InChI is InChI=1S/C16H25NO3/c1-18-9-8-17-11-14-6-7-15(19-2)10-16(14)20-12-13-4-3-5-13/h6-7,10,13,17H,3-5,8-9,11-12H2,1-2H3. The predicted molar refractivity (Wildman–Crippen MR) is 79.4 cm³/mol. The molecule has 0 aromatic heterocycles. The quantitative estimate of drug-likeness (QED) is 0.705. The fraction of sp³-hybridized carbons (Fsp3) is 0.625. The molecule has 20 heavy (non-hydrogen) atoms. The zero-order chi connectivity index (χ0) is 14.2. The minimum Gasteiger partial charge on any atom is -0.497 e. The average Bonchev–Trinajstić information content (AvgIpc) is 2.43. The summed E-state index contributed by atoms with van der Waals surface area (Å²) in [5.74, 6) is 2.51. The van der Waals surface area contributed by atoms with E-state index >= 15 is 0 Å². The Balaban J connectivity index is 1.92. The molecule has 1 aromatic rings. The van der Waals surface area contributed by atoms with E-state index in [-0.39, 0.29) is 0 Å². The second-order valence-corrected chi connectivity index (χ2v) is 5.25. The molecule has 0 bridgehead atoms. The van der Waals surface area contributed by atoms with Gasteiger partial charge in [-0.25, -0.2) is 0 Å². The number of hydrogen-bond acceptors (Lipinski definition) is 4. The van der Waals surface area contributed by atoms with E-state index in [4.69, 9.17) is 14.2 Å². The van der Waals surface area contributed by atoms with Crippen molar-refractivity contribution in [3.05, 3.63) is 23.8 Å². The first-order valence-electron chi connectivity index (χ1n) is 7.33. The van der Waals surface area contributed by atoms with Gasteiger partial charge in [-0.05, 0) is 24.8 Å². The Kier molecular flexibility index (Phi) is 6.15. The van der Waals surface area contributed by atoms with Crippen molar-refractivity contribution in [1.29, 1.82) is 0 Å². The first kappa shape index (κ1) is 15.1. The van der Waals surface area contributed by atoms with Crippen molar-refractivity contribution in [1.82, 2.24) is 5.32 Å². The van der Waals surface area contributed by atoms with Gasteiger partial charge in [-0.1, -0.05) is 12.5 Å². The van der Waals surface area contributed by atoms with Crippen LogP contribution in [0.2, 0.25) is 0 Å². The molecule has 1 aromatic carbocycles. The van der Waals surface area contributed by atoms with Crippen LogP contribution < -0.4 is 14.8 Å². The molecular formula is C16H25NO3. The highest BCUT2D eigenvalue weighted by atomic mass is 16.5. The molecule has 112 valence electrons. The fourth-order valence-corrected chi connectivity index (χ4v) is 2.21. The van der Waals surface area contributed by atoms with Crippen molar-refractivity contribution < 1.29 is 14.2 Å². The summed E-state index contributed by atoms with van der Waals surface area (Å²) in [5.41, 5.74) is 1.17. The van der Waals surface area contributed by atoms with Crippen molar-refractivity contribution in [3.8, 4) is 11.5 Å². The molecule has 0 unspecified atom stereocenters. The smallest absolute Gasteiger partial charge is 0.127 e. The second-order valence-electron chi connectivity index (χ2n) is 5.25. The van der Waals surface area contributed by atoms with Gasteiger partial charge in [0.15, 0.2) is 0 Å². The van der Waals surface area contributed by atoms with Crippen LogP contribution in [0.5, 0.6) is 11.5 Å². The molecule has 0 heterocycles. The first-order valence-corrected chi connectivity index (χ1v) is 7.33. The van der Waals surface area contributed by atoms with Crippen molar-refractivity contribution in [2.45, 2.75) is 25.8 Å². The van der Waals surface area contributed by atoms with E-state index in [0.29, 0.717) is 6.61 Å². The highest BCUT2D eigenvalue weighted by Gasteiger charge is 2.18. The van der Waals surface area contributed by atoms with E-state index in [1.807, 2.05) is 12.1 Å². The molecule has 1 aliphatic rings.